The molecule has 5 nitrogen and oxygen atoms in total. The Labute approximate surface area is 138 Å². The Hall–Kier alpha value is -2.53. The second kappa shape index (κ2) is 7.15. The summed E-state index contributed by atoms with van der Waals surface area (Å²) in [7, 11) is 0. The number of esters is 1. The molecule has 1 atom stereocenters. The number of aryl methyl sites for hydroxylation is 1. The first-order valence-electron chi connectivity index (χ1n) is 6.94. The normalized spacial score (nSPS) is 11.6. The predicted octanol–water partition coefficient (Wildman–Crippen LogP) is 3.54. The van der Waals surface area contributed by atoms with E-state index in [-0.39, 0.29) is 11.3 Å². The van der Waals surface area contributed by atoms with Crippen molar-refractivity contribution in [2.75, 3.05) is 5.32 Å². The molecule has 0 spiro atoms. The number of ether oxygens (including phenoxy) is 1. The summed E-state index contributed by atoms with van der Waals surface area (Å²) in [6.07, 6.45) is -1.02. The summed E-state index contributed by atoms with van der Waals surface area (Å²) in [6, 6.07) is 11.3. The molecule has 0 aliphatic carbocycles. The molecular weight excluding hydrogens is 318 g/mol. The lowest BCUT2D eigenvalue weighted by Gasteiger charge is -2.14. The minimum atomic E-state index is -1.02. The zero-order valence-corrected chi connectivity index (χ0v) is 13.4. The topological polar surface area (TPSA) is 75.6 Å². The molecule has 120 valence electrons. The van der Waals surface area contributed by atoms with Gasteiger partial charge in [-0.25, -0.2) is 4.79 Å². The van der Waals surface area contributed by atoms with Crippen LogP contribution in [-0.2, 0) is 9.53 Å². The third kappa shape index (κ3) is 4.47. The lowest BCUT2D eigenvalue weighted by molar-refractivity contribution is -0.123. The summed E-state index contributed by atoms with van der Waals surface area (Å²) >= 11 is 5.70. The van der Waals surface area contributed by atoms with Crippen molar-refractivity contribution in [3.63, 3.8) is 0 Å². The number of benzene rings is 2. The van der Waals surface area contributed by atoms with Crippen LogP contribution in [0, 0.1) is 6.92 Å². The smallest absolute Gasteiger partial charge is 0.342 e. The molecule has 2 aromatic rings. The van der Waals surface area contributed by atoms with Crippen molar-refractivity contribution < 1.29 is 19.4 Å². The van der Waals surface area contributed by atoms with Gasteiger partial charge < -0.3 is 15.2 Å². The second-order valence-electron chi connectivity index (χ2n) is 5.07. The maximum absolute atomic E-state index is 12.1. The maximum Gasteiger partial charge on any atom is 0.342 e. The second-order valence-corrected chi connectivity index (χ2v) is 5.50. The van der Waals surface area contributed by atoms with Crippen molar-refractivity contribution in [1.29, 1.82) is 0 Å². The molecule has 0 bridgehead atoms. The molecule has 0 aliphatic heterocycles. The number of anilines is 1. The van der Waals surface area contributed by atoms with Gasteiger partial charge in [0.05, 0.1) is 0 Å². The fraction of sp³-hybridized carbons (Fsp3) is 0.176. The van der Waals surface area contributed by atoms with E-state index in [1.807, 2.05) is 19.1 Å². The Morgan fingerprint density at radius 2 is 1.96 bits per heavy atom. The number of carbonyl (C=O) groups excluding carboxylic acids is 2. The highest BCUT2D eigenvalue weighted by Crippen LogP contribution is 2.23. The third-order valence-corrected chi connectivity index (χ3v) is 3.35. The minimum absolute atomic E-state index is 0.0513. The number of carbonyl (C=O) groups is 2. The molecule has 0 aliphatic rings. The van der Waals surface area contributed by atoms with Crippen LogP contribution < -0.4 is 5.32 Å². The molecule has 23 heavy (non-hydrogen) atoms. The minimum Gasteiger partial charge on any atom is -0.507 e. The third-order valence-electron chi connectivity index (χ3n) is 3.12. The first-order chi connectivity index (χ1) is 10.9. The first-order valence-corrected chi connectivity index (χ1v) is 7.31. The van der Waals surface area contributed by atoms with Gasteiger partial charge in [-0.1, -0.05) is 23.7 Å². The molecule has 0 heterocycles. The van der Waals surface area contributed by atoms with E-state index in [1.54, 1.807) is 12.1 Å². The number of aromatic hydroxyl groups is 1. The van der Waals surface area contributed by atoms with E-state index in [4.69, 9.17) is 16.3 Å². The van der Waals surface area contributed by atoms with Gasteiger partial charge in [-0.2, -0.15) is 0 Å². The Balaban J connectivity index is 2.01. The summed E-state index contributed by atoms with van der Waals surface area (Å²) in [5.41, 5.74) is 1.57. The van der Waals surface area contributed by atoms with Gasteiger partial charge in [0.1, 0.15) is 11.3 Å². The number of phenolic OH excluding ortho intramolecular Hbond substituents is 1. The van der Waals surface area contributed by atoms with Gasteiger partial charge in [-0.05, 0) is 49.7 Å². The van der Waals surface area contributed by atoms with Gasteiger partial charge in [0.2, 0.25) is 0 Å². The number of rotatable bonds is 4. The highest BCUT2D eigenvalue weighted by molar-refractivity contribution is 6.30. The van der Waals surface area contributed by atoms with Crippen LogP contribution in [0.1, 0.15) is 22.8 Å². The van der Waals surface area contributed by atoms with Crippen LogP contribution in [0.5, 0.6) is 5.75 Å². The molecule has 1 amide bonds. The largest absolute Gasteiger partial charge is 0.507 e. The summed E-state index contributed by atoms with van der Waals surface area (Å²) in [5, 5.41) is 12.7. The molecule has 2 aromatic carbocycles. The van der Waals surface area contributed by atoms with E-state index in [0.717, 1.165) is 5.56 Å². The Morgan fingerprint density at radius 3 is 2.61 bits per heavy atom. The van der Waals surface area contributed by atoms with Gasteiger partial charge in [-0.15, -0.1) is 0 Å². The highest BCUT2D eigenvalue weighted by Gasteiger charge is 2.21. The quantitative estimate of drug-likeness (QED) is 0.839. The van der Waals surface area contributed by atoms with Crippen LogP contribution in [0.2, 0.25) is 5.02 Å². The number of halogens is 1. The van der Waals surface area contributed by atoms with E-state index in [2.05, 4.69) is 5.32 Å². The Kier molecular flexibility index (Phi) is 5.24. The number of amides is 1. The molecule has 6 heteroatoms. The summed E-state index contributed by atoms with van der Waals surface area (Å²) in [5.74, 6) is -1.56. The molecule has 0 saturated carbocycles. The van der Waals surface area contributed by atoms with Crippen molar-refractivity contribution in [2.24, 2.45) is 0 Å². The van der Waals surface area contributed by atoms with Crippen LogP contribution >= 0.6 is 11.6 Å². The Bertz CT molecular complexity index is 745. The number of phenols is 1. The van der Waals surface area contributed by atoms with E-state index >= 15 is 0 Å². The number of nitrogens with one attached hydrogen (secondary N) is 1. The fourth-order valence-electron chi connectivity index (χ4n) is 1.92. The monoisotopic (exact) mass is 333 g/mol. The summed E-state index contributed by atoms with van der Waals surface area (Å²) < 4.78 is 5.07. The van der Waals surface area contributed by atoms with Crippen LogP contribution in [-0.4, -0.2) is 23.1 Å². The molecular formula is C17H16ClNO4. The maximum atomic E-state index is 12.1. The van der Waals surface area contributed by atoms with Gasteiger partial charge >= 0.3 is 5.97 Å². The van der Waals surface area contributed by atoms with E-state index < -0.39 is 18.0 Å². The summed E-state index contributed by atoms with van der Waals surface area (Å²) in [4.78, 5) is 24.1. The molecule has 2 rings (SSSR count). The molecule has 0 radical (unpaired) electrons. The van der Waals surface area contributed by atoms with Crippen molar-refractivity contribution in [2.45, 2.75) is 20.0 Å². The van der Waals surface area contributed by atoms with Gasteiger partial charge in [0, 0.05) is 10.7 Å². The SMILES string of the molecule is Cc1cccc(NC(=O)[C@H](C)OC(=O)c2ccc(Cl)cc2O)c1. The first kappa shape index (κ1) is 16.8. The highest BCUT2D eigenvalue weighted by atomic mass is 35.5. The Morgan fingerprint density at radius 1 is 1.22 bits per heavy atom. The molecule has 2 N–H and O–H groups in total. The summed E-state index contributed by atoms with van der Waals surface area (Å²) in [6.45, 7) is 3.36. The fourth-order valence-corrected chi connectivity index (χ4v) is 2.09. The van der Waals surface area contributed by atoms with Gasteiger partial charge in [0.25, 0.3) is 5.91 Å². The van der Waals surface area contributed by atoms with E-state index in [1.165, 1.54) is 25.1 Å². The van der Waals surface area contributed by atoms with E-state index in [9.17, 15) is 14.7 Å². The zero-order valence-electron chi connectivity index (χ0n) is 12.7. The standard InChI is InChI=1S/C17H16ClNO4/c1-10-4-3-5-13(8-10)19-16(21)11(2)23-17(22)14-7-6-12(18)9-15(14)20/h3-9,11,20H,1-2H3,(H,19,21)/t11-/m0/s1. The average molecular weight is 334 g/mol. The average Bonchev–Trinajstić information content (AvgIpc) is 2.46. The van der Waals surface area contributed by atoms with E-state index in [0.29, 0.717) is 10.7 Å². The lowest BCUT2D eigenvalue weighted by atomic mass is 10.2. The van der Waals surface area contributed by atoms with Crippen molar-refractivity contribution >= 4 is 29.2 Å². The van der Waals surface area contributed by atoms with Crippen LogP contribution in [0.3, 0.4) is 0 Å². The van der Waals surface area contributed by atoms with Crippen molar-refractivity contribution in [3.8, 4) is 5.75 Å². The predicted molar refractivity (Wildman–Crippen MR) is 87.8 cm³/mol. The lowest BCUT2D eigenvalue weighted by Crippen LogP contribution is -2.30. The molecule has 0 fully saturated rings. The van der Waals surface area contributed by atoms with Gasteiger partial charge in [0.15, 0.2) is 6.10 Å². The zero-order chi connectivity index (χ0) is 17.0. The number of hydrogen-bond acceptors (Lipinski definition) is 4. The number of hydrogen-bond donors (Lipinski definition) is 2. The molecule has 0 saturated heterocycles. The molecule has 0 aromatic heterocycles. The van der Waals surface area contributed by atoms with Crippen molar-refractivity contribution in [3.05, 3.63) is 58.6 Å². The van der Waals surface area contributed by atoms with Crippen LogP contribution in [0.4, 0.5) is 5.69 Å². The van der Waals surface area contributed by atoms with Crippen molar-refractivity contribution in [1.82, 2.24) is 0 Å². The van der Waals surface area contributed by atoms with Crippen LogP contribution in [0.25, 0.3) is 0 Å². The molecule has 0 unspecified atom stereocenters. The van der Waals surface area contributed by atoms with Crippen LogP contribution in [0.15, 0.2) is 42.5 Å². The van der Waals surface area contributed by atoms with Gasteiger partial charge in [-0.3, -0.25) is 4.79 Å².